The van der Waals surface area contributed by atoms with E-state index in [1.54, 1.807) is 0 Å². The number of alkyl carbamates (subject to hydrolysis) is 1. The summed E-state index contributed by atoms with van der Waals surface area (Å²) >= 11 is 0. The van der Waals surface area contributed by atoms with E-state index >= 15 is 0 Å². The van der Waals surface area contributed by atoms with Gasteiger partial charge in [0, 0.05) is 45.3 Å². The molecule has 10 heteroatoms. The van der Waals surface area contributed by atoms with E-state index in [4.69, 9.17) is 14.9 Å². The van der Waals surface area contributed by atoms with Gasteiger partial charge in [0.25, 0.3) is 5.91 Å². The molecule has 2 aromatic heterocycles. The van der Waals surface area contributed by atoms with Crippen LogP contribution < -0.4 is 16.0 Å². The highest BCUT2D eigenvalue weighted by Gasteiger charge is 2.23. The van der Waals surface area contributed by atoms with Gasteiger partial charge in [-0.25, -0.2) is 14.8 Å². The van der Waals surface area contributed by atoms with Crippen LogP contribution in [0.5, 0.6) is 0 Å². The lowest BCUT2D eigenvalue weighted by Gasteiger charge is -2.35. The highest BCUT2D eigenvalue weighted by molar-refractivity contribution is 5.96. The lowest BCUT2D eigenvalue weighted by atomic mass is 10.2. The Kier molecular flexibility index (Phi) is 5.68. The number of nitrogens with one attached hydrogen (secondary N) is 1. The molecule has 1 saturated heterocycles. The fraction of sp³-hybridized carbons (Fsp3) is 0.556. The number of hydrogen-bond acceptors (Lipinski definition) is 8. The first-order chi connectivity index (χ1) is 13.2. The second-order valence-electron chi connectivity index (χ2n) is 7.64. The first kappa shape index (κ1) is 19.9. The van der Waals surface area contributed by atoms with E-state index in [1.807, 2.05) is 20.8 Å². The first-order valence-corrected chi connectivity index (χ1v) is 9.21. The van der Waals surface area contributed by atoms with Crippen LogP contribution in [0.15, 0.2) is 16.8 Å². The normalized spacial score (nSPS) is 15.6. The summed E-state index contributed by atoms with van der Waals surface area (Å²) in [5.74, 6) is 0.0962. The van der Waals surface area contributed by atoms with Crippen LogP contribution in [0, 0.1) is 0 Å². The summed E-state index contributed by atoms with van der Waals surface area (Å²) in [5.41, 5.74) is 5.81. The number of carbonyl (C=O) groups is 2. The molecule has 0 bridgehead atoms. The smallest absolute Gasteiger partial charge is 0.407 e. The number of ether oxygens (including phenoxy) is 1. The number of carbonyl (C=O) groups excluding carboxylic acids is 2. The highest BCUT2D eigenvalue weighted by atomic mass is 16.6. The van der Waals surface area contributed by atoms with E-state index in [1.165, 1.54) is 12.4 Å². The maximum atomic E-state index is 11.7. The number of piperazine rings is 1. The average Bonchev–Trinajstić information content (AvgIpc) is 3.05. The predicted octanol–water partition coefficient (Wildman–Crippen LogP) is 0.968. The third-order valence-electron chi connectivity index (χ3n) is 4.30. The van der Waals surface area contributed by atoms with Gasteiger partial charge in [0.2, 0.25) is 0 Å². The van der Waals surface area contributed by atoms with E-state index in [0.29, 0.717) is 23.5 Å². The molecule has 2 amide bonds. The molecular formula is C18H26N6O4. The van der Waals surface area contributed by atoms with E-state index in [0.717, 1.165) is 32.7 Å². The van der Waals surface area contributed by atoms with Crippen molar-refractivity contribution in [2.24, 2.45) is 5.73 Å². The molecule has 10 nitrogen and oxygen atoms in total. The van der Waals surface area contributed by atoms with E-state index in [2.05, 4.69) is 25.1 Å². The van der Waals surface area contributed by atoms with Crippen molar-refractivity contribution in [3.05, 3.63) is 18.2 Å². The topological polar surface area (TPSA) is 127 Å². The van der Waals surface area contributed by atoms with Crippen molar-refractivity contribution in [2.45, 2.75) is 26.4 Å². The Balaban J connectivity index is 1.52. The Morgan fingerprint density at radius 1 is 1.25 bits per heavy atom. The van der Waals surface area contributed by atoms with Crippen molar-refractivity contribution in [1.29, 1.82) is 0 Å². The molecule has 0 saturated carbocycles. The van der Waals surface area contributed by atoms with Gasteiger partial charge in [0.05, 0.1) is 0 Å². The third-order valence-corrected chi connectivity index (χ3v) is 4.30. The highest BCUT2D eigenvalue weighted by Crippen LogP contribution is 2.26. The molecule has 0 unspecified atom stereocenters. The molecular weight excluding hydrogens is 364 g/mol. The van der Waals surface area contributed by atoms with E-state index in [9.17, 15) is 9.59 Å². The number of aromatic nitrogens is 2. The van der Waals surface area contributed by atoms with Gasteiger partial charge in [-0.2, -0.15) is 0 Å². The van der Waals surface area contributed by atoms with Gasteiger partial charge in [-0.3, -0.25) is 9.69 Å². The van der Waals surface area contributed by atoms with Gasteiger partial charge in [-0.05, 0) is 20.8 Å². The Morgan fingerprint density at radius 2 is 1.96 bits per heavy atom. The zero-order valence-electron chi connectivity index (χ0n) is 16.4. The molecule has 0 aliphatic carbocycles. The number of nitrogens with two attached hydrogens (primary N) is 1. The minimum atomic E-state index is -0.633. The summed E-state index contributed by atoms with van der Waals surface area (Å²) in [7, 11) is 0. The number of nitrogens with zero attached hydrogens (tertiary/aromatic N) is 4. The van der Waals surface area contributed by atoms with E-state index in [-0.39, 0.29) is 5.76 Å². The molecule has 3 N–H and O–H groups in total. The maximum absolute atomic E-state index is 11.7. The second kappa shape index (κ2) is 8.01. The number of primary amides is 1. The molecule has 0 radical (unpaired) electrons. The monoisotopic (exact) mass is 390 g/mol. The van der Waals surface area contributed by atoms with Crippen LogP contribution in [-0.4, -0.2) is 71.7 Å². The number of furan rings is 1. The SMILES string of the molecule is CC(C)(C)OC(=O)NCCN1CCN(c2ncnc3cc(C(N)=O)oc23)CC1. The van der Waals surface area contributed by atoms with Gasteiger partial charge < -0.3 is 25.1 Å². The molecule has 0 atom stereocenters. The van der Waals surface area contributed by atoms with Gasteiger partial charge in [0.1, 0.15) is 17.4 Å². The number of anilines is 1. The lowest BCUT2D eigenvalue weighted by Crippen LogP contribution is -2.49. The second-order valence-corrected chi connectivity index (χ2v) is 7.64. The van der Waals surface area contributed by atoms with Gasteiger partial charge in [-0.1, -0.05) is 0 Å². The molecule has 28 heavy (non-hydrogen) atoms. The number of rotatable bonds is 5. The number of hydrogen-bond donors (Lipinski definition) is 2. The lowest BCUT2D eigenvalue weighted by molar-refractivity contribution is 0.0521. The van der Waals surface area contributed by atoms with Crippen LogP contribution in [-0.2, 0) is 4.74 Å². The predicted molar refractivity (Wildman–Crippen MR) is 103 cm³/mol. The molecule has 1 aliphatic rings. The molecule has 1 aliphatic heterocycles. The zero-order chi connectivity index (χ0) is 20.3. The fourth-order valence-corrected chi connectivity index (χ4v) is 3.00. The largest absolute Gasteiger partial charge is 0.445 e. The van der Waals surface area contributed by atoms with Gasteiger partial charge in [0.15, 0.2) is 17.2 Å². The molecule has 0 aromatic carbocycles. The van der Waals surface area contributed by atoms with Gasteiger partial charge in [-0.15, -0.1) is 0 Å². The summed E-state index contributed by atoms with van der Waals surface area (Å²) in [5, 5.41) is 2.77. The summed E-state index contributed by atoms with van der Waals surface area (Å²) in [6.07, 6.45) is 1.05. The Hall–Kier alpha value is -2.88. The van der Waals surface area contributed by atoms with Gasteiger partial charge >= 0.3 is 6.09 Å². The molecule has 3 heterocycles. The number of amides is 2. The van der Waals surface area contributed by atoms with E-state index < -0.39 is 17.6 Å². The first-order valence-electron chi connectivity index (χ1n) is 9.21. The molecule has 152 valence electrons. The molecule has 3 rings (SSSR count). The fourth-order valence-electron chi connectivity index (χ4n) is 3.00. The summed E-state index contributed by atoms with van der Waals surface area (Å²) in [6.45, 7) is 9.86. The Labute approximate surface area is 163 Å². The maximum Gasteiger partial charge on any atom is 0.407 e. The average molecular weight is 390 g/mol. The zero-order valence-corrected chi connectivity index (χ0v) is 16.4. The Bertz CT molecular complexity index is 851. The number of fused-ring (bicyclic) bond motifs is 1. The summed E-state index contributed by atoms with van der Waals surface area (Å²) in [6, 6.07) is 1.53. The van der Waals surface area contributed by atoms with Crippen LogP contribution in [0.3, 0.4) is 0 Å². The minimum absolute atomic E-state index is 0.0728. The van der Waals surface area contributed by atoms with Crippen molar-refractivity contribution in [2.75, 3.05) is 44.2 Å². The van der Waals surface area contributed by atoms with Crippen molar-refractivity contribution >= 4 is 28.9 Å². The van der Waals surface area contributed by atoms with Crippen LogP contribution in [0.2, 0.25) is 0 Å². The Morgan fingerprint density at radius 3 is 2.61 bits per heavy atom. The molecule has 2 aromatic rings. The van der Waals surface area contributed by atoms with Crippen molar-refractivity contribution in [3.63, 3.8) is 0 Å². The quantitative estimate of drug-likeness (QED) is 0.773. The van der Waals surface area contributed by atoms with Crippen molar-refractivity contribution < 1.29 is 18.7 Å². The third kappa shape index (κ3) is 4.89. The van der Waals surface area contributed by atoms with Crippen molar-refractivity contribution in [1.82, 2.24) is 20.2 Å². The molecule has 0 spiro atoms. The van der Waals surface area contributed by atoms with Crippen molar-refractivity contribution in [3.8, 4) is 0 Å². The van der Waals surface area contributed by atoms with Crippen LogP contribution >= 0.6 is 0 Å². The van der Waals surface area contributed by atoms with Crippen LogP contribution in [0.4, 0.5) is 10.6 Å². The van der Waals surface area contributed by atoms with Crippen LogP contribution in [0.25, 0.3) is 11.1 Å². The minimum Gasteiger partial charge on any atom is -0.445 e. The van der Waals surface area contributed by atoms with Crippen LogP contribution in [0.1, 0.15) is 31.3 Å². The standard InChI is InChI=1S/C18H26N6O4/c1-18(2,3)28-17(26)20-4-5-23-6-8-24(9-7-23)16-14-12(21-11-22-16)10-13(27-14)15(19)25/h10-11H,4-9H2,1-3H3,(H2,19,25)(H,20,26). The summed E-state index contributed by atoms with van der Waals surface area (Å²) < 4.78 is 10.8. The molecule has 1 fully saturated rings. The summed E-state index contributed by atoms with van der Waals surface area (Å²) in [4.78, 5) is 35.8.